The topological polar surface area (TPSA) is 102 Å². The predicted octanol–water partition coefficient (Wildman–Crippen LogP) is 5.17. The molecular weight excluding hydrogens is 654 g/mol. The highest BCUT2D eigenvalue weighted by atomic mass is 19.4. The highest BCUT2D eigenvalue weighted by molar-refractivity contribution is 5.97. The van der Waals surface area contributed by atoms with Crippen molar-refractivity contribution >= 4 is 22.4 Å². The van der Waals surface area contributed by atoms with Crippen molar-refractivity contribution in [3.05, 3.63) is 28.8 Å². The molecule has 0 radical (unpaired) electrons. The molecule has 5 aliphatic heterocycles. The molecule has 4 fully saturated rings. The third-order valence-corrected chi connectivity index (χ3v) is 10.6. The number of alkyl halides is 6. The van der Waals surface area contributed by atoms with Gasteiger partial charge in [0.15, 0.2) is 11.9 Å². The Balaban J connectivity index is 1.35. The van der Waals surface area contributed by atoms with Gasteiger partial charge >= 0.3 is 12.2 Å². The molecule has 8 rings (SSSR count). The smallest absolute Gasteiger partial charge is 0.417 e. The fourth-order valence-electron chi connectivity index (χ4n) is 8.53. The van der Waals surface area contributed by atoms with Gasteiger partial charge in [0.05, 0.1) is 22.8 Å². The van der Waals surface area contributed by atoms with Gasteiger partial charge in [-0.25, -0.2) is 26.9 Å². The molecule has 0 saturated carbocycles. The molecule has 0 unspecified atom stereocenters. The summed E-state index contributed by atoms with van der Waals surface area (Å²) in [5.41, 5.74) is -0.568. The van der Waals surface area contributed by atoms with Crippen molar-refractivity contribution in [3.8, 4) is 23.1 Å². The van der Waals surface area contributed by atoms with E-state index in [0.29, 0.717) is 31.9 Å². The third kappa shape index (κ3) is 4.74. The maximum Gasteiger partial charge on any atom is 0.417 e. The Kier molecular flexibility index (Phi) is 7.15. The normalized spacial score (nSPS) is 29.7. The highest BCUT2D eigenvalue weighted by Crippen LogP contribution is 2.48. The number of hydrogen-bond donors (Lipinski definition) is 2. The molecule has 4 saturated heterocycles. The lowest BCUT2D eigenvalue weighted by atomic mass is 9.95. The first kappa shape index (κ1) is 31.5. The van der Waals surface area contributed by atoms with Crippen LogP contribution < -0.4 is 25.4 Å². The van der Waals surface area contributed by atoms with E-state index in [1.807, 2.05) is 4.90 Å². The van der Waals surface area contributed by atoms with E-state index in [1.54, 1.807) is 4.90 Å². The van der Waals surface area contributed by atoms with Crippen molar-refractivity contribution in [3.63, 3.8) is 0 Å². The van der Waals surface area contributed by atoms with Gasteiger partial charge in [0.25, 0.3) is 6.43 Å². The van der Waals surface area contributed by atoms with Gasteiger partial charge in [-0.2, -0.15) is 23.1 Å². The van der Waals surface area contributed by atoms with Crippen LogP contribution in [0, 0.1) is 18.6 Å². The van der Waals surface area contributed by atoms with Gasteiger partial charge < -0.3 is 25.4 Å². The molecule has 5 aliphatic rings. The lowest BCUT2D eigenvalue weighted by molar-refractivity contribution is -0.137. The van der Waals surface area contributed by atoms with Crippen LogP contribution >= 0.6 is 0 Å². The Labute approximate surface area is 268 Å². The number of halogens is 8. The van der Waals surface area contributed by atoms with Crippen molar-refractivity contribution in [2.24, 2.45) is 0 Å². The summed E-state index contributed by atoms with van der Waals surface area (Å²) < 4.78 is 131. The lowest BCUT2D eigenvalue weighted by Gasteiger charge is -2.43. The van der Waals surface area contributed by atoms with Crippen LogP contribution in [0.5, 0.6) is 11.9 Å². The predicted molar refractivity (Wildman–Crippen MR) is 157 cm³/mol. The van der Waals surface area contributed by atoms with Crippen LogP contribution in [0.3, 0.4) is 0 Å². The van der Waals surface area contributed by atoms with E-state index in [4.69, 9.17) is 15.2 Å². The zero-order valence-corrected chi connectivity index (χ0v) is 25.6. The fourth-order valence-corrected chi connectivity index (χ4v) is 8.53. The first-order valence-corrected chi connectivity index (χ1v) is 15.8. The maximum absolute atomic E-state index is 16.8. The number of benzene rings is 1. The molecule has 258 valence electrons. The van der Waals surface area contributed by atoms with E-state index in [1.165, 1.54) is 0 Å². The lowest BCUT2D eigenvalue weighted by Crippen LogP contribution is -2.64. The van der Waals surface area contributed by atoms with E-state index in [-0.39, 0.29) is 49.4 Å². The number of hydrogen-bond acceptors (Lipinski definition) is 9. The Bertz CT molecular complexity index is 1810. The molecule has 0 amide bonds. The number of nitrogens with zero attached hydrogens (tertiary/aromatic N) is 5. The van der Waals surface area contributed by atoms with Crippen LogP contribution in [0.1, 0.15) is 43.2 Å². The number of piperazine rings is 1. The minimum absolute atomic E-state index is 0.0177. The second kappa shape index (κ2) is 10.9. The van der Waals surface area contributed by atoms with Crippen LogP contribution in [0.4, 0.5) is 46.6 Å². The minimum atomic E-state index is -5.18. The second-order valence-electron chi connectivity index (χ2n) is 13.4. The fraction of sp³-hybridized carbons (Fsp3) is 0.581. The number of rotatable bonds is 5. The molecule has 2 aromatic heterocycles. The van der Waals surface area contributed by atoms with Gasteiger partial charge in [0.1, 0.15) is 41.0 Å². The average Bonchev–Trinajstić information content (AvgIpc) is 3.66. The molecule has 9 nitrogen and oxygen atoms in total. The molecule has 2 bridgehead atoms. The number of nitrogen functional groups attached to an aromatic ring is 1. The van der Waals surface area contributed by atoms with Crippen LogP contribution in [-0.4, -0.2) is 88.5 Å². The van der Waals surface area contributed by atoms with Crippen molar-refractivity contribution in [1.29, 1.82) is 0 Å². The monoisotopic (exact) mass is 685 g/mol. The van der Waals surface area contributed by atoms with Crippen molar-refractivity contribution < 1.29 is 44.6 Å². The molecule has 48 heavy (non-hydrogen) atoms. The third-order valence-electron chi connectivity index (χ3n) is 10.6. The molecule has 7 heterocycles. The molecule has 0 aliphatic carbocycles. The quantitative estimate of drug-likeness (QED) is 0.279. The van der Waals surface area contributed by atoms with Crippen LogP contribution in [0.15, 0.2) is 6.07 Å². The molecule has 6 atom stereocenters. The van der Waals surface area contributed by atoms with E-state index < -0.39 is 93.6 Å². The first-order valence-electron chi connectivity index (χ1n) is 15.8. The van der Waals surface area contributed by atoms with Crippen LogP contribution in [0.25, 0.3) is 22.2 Å². The SMILES string of the molecule is Cc1c(F)c(N)cc(-c2nc3c4c(nc(OC[C@@]56CCCN5C[C@H](F)C6)nc4c2F)N2C[C@H]4CC[C@H](N4)[C@H]2[C@H](C(F)F)O3)c1C(F)(F)F. The number of nitrogens with one attached hydrogen (secondary N) is 1. The standard InChI is InChI=1S/C31H31F8N7O2/c1-12-19(31(37,38)39)15(7-16(40)20(12)33)22-21(34)23-18-27(44-29(43-23)47-11-30-5-2-6-45(30)9-13(32)8-30)46-10-14-3-4-17(41-14)24(46)25(26(35)36)48-28(18)42-22/h7,13-14,17,24-26,41H,2-6,8-11,40H2,1H3/t13-,14-,17+,24+,25-,30+/m1/s1. The highest BCUT2D eigenvalue weighted by Gasteiger charge is 2.52. The molecule has 17 heteroatoms. The Morgan fingerprint density at radius 3 is 2.69 bits per heavy atom. The Hall–Kier alpha value is -3.73. The summed E-state index contributed by atoms with van der Waals surface area (Å²) >= 11 is 0. The second-order valence-corrected chi connectivity index (χ2v) is 13.4. The summed E-state index contributed by atoms with van der Waals surface area (Å²) in [7, 11) is 0. The van der Waals surface area contributed by atoms with Crippen LogP contribution in [0.2, 0.25) is 0 Å². The number of ether oxygens (including phenoxy) is 2. The summed E-state index contributed by atoms with van der Waals surface area (Å²) in [4.78, 5) is 16.5. The summed E-state index contributed by atoms with van der Waals surface area (Å²) in [5, 5.41) is 3.10. The van der Waals surface area contributed by atoms with Crippen molar-refractivity contribution in [2.75, 3.05) is 36.9 Å². The molecule has 3 N–H and O–H groups in total. The zero-order chi connectivity index (χ0) is 33.9. The van der Waals surface area contributed by atoms with E-state index in [2.05, 4.69) is 20.3 Å². The molecule has 0 spiro atoms. The van der Waals surface area contributed by atoms with Gasteiger partial charge in [-0.3, -0.25) is 4.90 Å². The van der Waals surface area contributed by atoms with E-state index in [0.717, 1.165) is 13.3 Å². The number of nitrogens with two attached hydrogens (primary N) is 1. The number of aromatic nitrogens is 3. The van der Waals surface area contributed by atoms with Gasteiger partial charge in [0.2, 0.25) is 5.88 Å². The minimum Gasteiger partial charge on any atom is -0.465 e. The maximum atomic E-state index is 16.8. The number of anilines is 2. The van der Waals surface area contributed by atoms with Gasteiger partial charge in [0, 0.05) is 37.2 Å². The Morgan fingerprint density at radius 2 is 1.94 bits per heavy atom. The van der Waals surface area contributed by atoms with E-state index >= 15 is 4.39 Å². The first-order chi connectivity index (χ1) is 22.8. The molecule has 3 aromatic rings. The number of fused-ring (bicyclic) bond motifs is 6. The zero-order valence-electron chi connectivity index (χ0n) is 25.6. The molecular formula is C31H31F8N7O2. The van der Waals surface area contributed by atoms with Crippen molar-refractivity contribution in [2.45, 2.75) is 87.6 Å². The molecule has 1 aromatic carbocycles. The summed E-state index contributed by atoms with van der Waals surface area (Å²) in [5.74, 6) is -3.33. The van der Waals surface area contributed by atoms with Gasteiger partial charge in [-0.1, -0.05) is 0 Å². The largest absolute Gasteiger partial charge is 0.465 e. The summed E-state index contributed by atoms with van der Waals surface area (Å²) in [6.07, 6.45) is -8.32. The van der Waals surface area contributed by atoms with E-state index in [9.17, 15) is 30.7 Å². The average molecular weight is 686 g/mol. The Morgan fingerprint density at radius 1 is 1.15 bits per heavy atom. The summed E-state index contributed by atoms with van der Waals surface area (Å²) in [6, 6.07) is -1.37. The van der Waals surface area contributed by atoms with Crippen molar-refractivity contribution in [1.82, 2.24) is 25.2 Å². The number of pyridine rings is 1. The van der Waals surface area contributed by atoms with Gasteiger partial charge in [-0.15, -0.1) is 0 Å². The van der Waals surface area contributed by atoms with Crippen LogP contribution in [-0.2, 0) is 6.18 Å². The summed E-state index contributed by atoms with van der Waals surface area (Å²) in [6.45, 7) is 1.89. The van der Waals surface area contributed by atoms with Gasteiger partial charge in [-0.05, 0) is 50.8 Å².